The zero-order valence-corrected chi connectivity index (χ0v) is 13.0. The highest BCUT2D eigenvalue weighted by atomic mass is 32.1. The second kappa shape index (κ2) is 4.98. The molecule has 0 spiro atoms. The van der Waals surface area contributed by atoms with Crippen molar-refractivity contribution in [3.8, 4) is 5.19 Å². The molecule has 1 atom stereocenters. The average molecular weight is 301 g/mol. The van der Waals surface area contributed by atoms with Crippen molar-refractivity contribution in [1.82, 2.24) is 4.98 Å². The smallest absolute Gasteiger partial charge is 0.347 e. The van der Waals surface area contributed by atoms with Crippen molar-refractivity contribution in [1.29, 1.82) is 0 Å². The lowest BCUT2D eigenvalue weighted by atomic mass is 10.0. The number of aromatic nitrogens is 1. The summed E-state index contributed by atoms with van der Waals surface area (Å²) in [6, 6.07) is 0. The Hall–Kier alpha value is -1.18. The molecular weight excluding hydrogens is 282 g/mol. The normalized spacial score (nSPS) is 23.8. The van der Waals surface area contributed by atoms with E-state index >= 15 is 0 Å². The van der Waals surface area contributed by atoms with E-state index in [4.69, 9.17) is 19.3 Å². The van der Waals surface area contributed by atoms with E-state index in [9.17, 15) is 4.79 Å². The fourth-order valence-corrected chi connectivity index (χ4v) is 2.99. The summed E-state index contributed by atoms with van der Waals surface area (Å²) in [4.78, 5) is 15.2. The van der Waals surface area contributed by atoms with E-state index < -0.39 is 17.4 Å². The van der Waals surface area contributed by atoms with E-state index in [1.54, 1.807) is 6.92 Å². The van der Waals surface area contributed by atoms with Crippen molar-refractivity contribution in [2.45, 2.75) is 52.1 Å². The SMILES string of the molecule is Cc1nc(OC[C@@H]2OC(C)(C)OC2(C)C)sc1C(=O)O. The first-order valence-corrected chi connectivity index (χ1v) is 7.14. The van der Waals surface area contributed by atoms with Gasteiger partial charge in [-0.1, -0.05) is 11.3 Å². The third-order valence-corrected chi connectivity index (χ3v) is 4.10. The highest BCUT2D eigenvalue weighted by Gasteiger charge is 2.47. The Labute approximate surface area is 121 Å². The summed E-state index contributed by atoms with van der Waals surface area (Å²) in [7, 11) is 0. The van der Waals surface area contributed by atoms with Crippen LogP contribution in [0.15, 0.2) is 0 Å². The number of thiazole rings is 1. The maximum absolute atomic E-state index is 11.0. The molecule has 1 aromatic rings. The number of carboxylic acid groups (broad SMARTS) is 1. The van der Waals surface area contributed by atoms with E-state index in [0.29, 0.717) is 10.9 Å². The highest BCUT2D eigenvalue weighted by molar-refractivity contribution is 7.15. The van der Waals surface area contributed by atoms with Crippen LogP contribution in [0.2, 0.25) is 0 Å². The van der Waals surface area contributed by atoms with Crippen molar-refractivity contribution in [2.24, 2.45) is 0 Å². The Morgan fingerprint density at radius 3 is 2.55 bits per heavy atom. The largest absolute Gasteiger partial charge is 0.477 e. The summed E-state index contributed by atoms with van der Waals surface area (Å²) >= 11 is 1.02. The van der Waals surface area contributed by atoms with Crippen LogP contribution in [0.1, 0.15) is 43.1 Å². The Kier molecular flexibility index (Phi) is 3.79. The molecule has 112 valence electrons. The van der Waals surface area contributed by atoms with Crippen LogP contribution in [-0.4, -0.2) is 40.2 Å². The van der Waals surface area contributed by atoms with Crippen LogP contribution < -0.4 is 4.74 Å². The third kappa shape index (κ3) is 3.11. The van der Waals surface area contributed by atoms with Gasteiger partial charge in [0.15, 0.2) is 5.79 Å². The fraction of sp³-hybridized carbons (Fsp3) is 0.692. The van der Waals surface area contributed by atoms with Crippen LogP contribution in [0.5, 0.6) is 5.19 Å². The highest BCUT2D eigenvalue weighted by Crippen LogP contribution is 2.36. The van der Waals surface area contributed by atoms with Crippen molar-refractivity contribution < 1.29 is 24.1 Å². The molecule has 20 heavy (non-hydrogen) atoms. The molecule has 1 fully saturated rings. The minimum atomic E-state index is -0.989. The van der Waals surface area contributed by atoms with Crippen molar-refractivity contribution in [3.05, 3.63) is 10.6 Å². The van der Waals surface area contributed by atoms with Gasteiger partial charge in [-0.15, -0.1) is 0 Å². The molecule has 2 heterocycles. The monoisotopic (exact) mass is 301 g/mol. The van der Waals surface area contributed by atoms with E-state index in [2.05, 4.69) is 4.98 Å². The molecule has 7 heteroatoms. The molecule has 0 radical (unpaired) electrons. The van der Waals surface area contributed by atoms with Gasteiger partial charge in [0.1, 0.15) is 17.6 Å². The molecule has 1 aliphatic rings. The Morgan fingerprint density at radius 1 is 1.45 bits per heavy atom. The van der Waals surface area contributed by atoms with Crippen molar-refractivity contribution in [2.75, 3.05) is 6.61 Å². The molecule has 1 aromatic heterocycles. The predicted molar refractivity (Wildman–Crippen MR) is 73.4 cm³/mol. The molecule has 0 amide bonds. The topological polar surface area (TPSA) is 77.9 Å². The standard InChI is InChI=1S/C13H19NO5S/c1-7-9(10(15)16)20-11(14-7)17-6-8-12(2,3)19-13(4,5)18-8/h8H,6H2,1-5H3,(H,15,16)/t8-/m0/s1. The average Bonchev–Trinajstić information content (AvgIpc) is 2.72. The van der Waals surface area contributed by atoms with Crippen LogP contribution in [0.3, 0.4) is 0 Å². The number of aryl methyl sites for hydroxylation is 1. The molecule has 2 rings (SSSR count). The summed E-state index contributed by atoms with van der Waals surface area (Å²) in [5.74, 6) is -1.64. The van der Waals surface area contributed by atoms with Crippen LogP contribution in [0.25, 0.3) is 0 Å². The molecule has 0 unspecified atom stereocenters. The van der Waals surface area contributed by atoms with Gasteiger partial charge in [0.05, 0.1) is 11.3 Å². The predicted octanol–water partition coefficient (Wildman–Crippen LogP) is 2.46. The minimum Gasteiger partial charge on any atom is -0.477 e. The number of nitrogens with zero attached hydrogens (tertiary/aromatic N) is 1. The first-order chi connectivity index (χ1) is 9.11. The Morgan fingerprint density at radius 2 is 2.10 bits per heavy atom. The number of aromatic carboxylic acids is 1. The maximum Gasteiger partial charge on any atom is 0.347 e. The van der Waals surface area contributed by atoms with Crippen LogP contribution in [-0.2, 0) is 9.47 Å². The Bertz CT molecular complexity index is 523. The van der Waals surface area contributed by atoms with Crippen LogP contribution >= 0.6 is 11.3 Å². The molecule has 0 bridgehead atoms. The Balaban J connectivity index is 2.02. The van der Waals surface area contributed by atoms with Crippen LogP contribution in [0, 0.1) is 6.92 Å². The second-order valence-electron chi connectivity index (χ2n) is 5.72. The second-order valence-corrected chi connectivity index (χ2v) is 6.68. The number of hydrogen-bond donors (Lipinski definition) is 1. The minimum absolute atomic E-state index is 0.197. The molecule has 1 aliphatic heterocycles. The quantitative estimate of drug-likeness (QED) is 0.920. The van der Waals surface area contributed by atoms with Crippen molar-refractivity contribution in [3.63, 3.8) is 0 Å². The molecular formula is C13H19NO5S. The van der Waals surface area contributed by atoms with E-state index in [-0.39, 0.29) is 17.6 Å². The van der Waals surface area contributed by atoms with Crippen LogP contribution in [0.4, 0.5) is 0 Å². The molecule has 1 saturated heterocycles. The lowest BCUT2D eigenvalue weighted by Gasteiger charge is -2.23. The maximum atomic E-state index is 11.0. The number of hydrogen-bond acceptors (Lipinski definition) is 6. The van der Waals surface area contributed by atoms with Gasteiger partial charge in [-0.05, 0) is 34.6 Å². The fourth-order valence-electron chi connectivity index (χ4n) is 2.22. The summed E-state index contributed by atoms with van der Waals surface area (Å²) in [6.07, 6.45) is -0.241. The number of rotatable bonds is 4. The number of ether oxygens (including phenoxy) is 3. The molecule has 0 saturated carbocycles. The zero-order valence-electron chi connectivity index (χ0n) is 12.2. The van der Waals surface area contributed by atoms with Gasteiger partial charge < -0.3 is 19.3 Å². The number of carboxylic acids is 1. The van der Waals surface area contributed by atoms with Gasteiger partial charge >= 0.3 is 5.97 Å². The van der Waals surface area contributed by atoms with Gasteiger partial charge in [-0.2, -0.15) is 0 Å². The lowest BCUT2D eigenvalue weighted by molar-refractivity contribution is -0.158. The first-order valence-electron chi connectivity index (χ1n) is 6.32. The van der Waals surface area contributed by atoms with E-state index in [1.807, 2.05) is 27.7 Å². The van der Waals surface area contributed by atoms with Gasteiger partial charge in [0, 0.05) is 0 Å². The lowest BCUT2D eigenvalue weighted by Crippen LogP contribution is -2.37. The molecule has 0 aliphatic carbocycles. The zero-order chi connectivity index (χ0) is 15.1. The third-order valence-electron chi connectivity index (χ3n) is 3.04. The van der Waals surface area contributed by atoms with Gasteiger partial charge in [0.25, 0.3) is 5.19 Å². The summed E-state index contributed by atoms with van der Waals surface area (Å²) < 4.78 is 17.1. The van der Waals surface area contributed by atoms with Crippen molar-refractivity contribution >= 4 is 17.3 Å². The van der Waals surface area contributed by atoms with Gasteiger partial charge in [-0.3, -0.25) is 0 Å². The van der Waals surface area contributed by atoms with Gasteiger partial charge in [0.2, 0.25) is 0 Å². The molecule has 1 N–H and O–H groups in total. The molecule has 6 nitrogen and oxygen atoms in total. The van der Waals surface area contributed by atoms with E-state index in [0.717, 1.165) is 11.3 Å². The van der Waals surface area contributed by atoms with Gasteiger partial charge in [-0.25, -0.2) is 9.78 Å². The summed E-state index contributed by atoms with van der Waals surface area (Å²) in [5, 5.41) is 9.32. The molecule has 0 aromatic carbocycles. The summed E-state index contributed by atoms with van der Waals surface area (Å²) in [6.45, 7) is 9.49. The van der Waals surface area contributed by atoms with E-state index in [1.165, 1.54) is 0 Å². The first kappa shape index (κ1) is 15.2. The number of carbonyl (C=O) groups is 1. The summed E-state index contributed by atoms with van der Waals surface area (Å²) in [5.41, 5.74) is -0.00787.